The highest BCUT2D eigenvalue weighted by Gasteiger charge is 2.18. The molecule has 1 aromatic heterocycles. The molecule has 1 aliphatic heterocycles. The number of amides is 1. The van der Waals surface area contributed by atoms with Crippen molar-refractivity contribution in [3.8, 4) is 0 Å². The number of aryl methyl sites for hydroxylation is 1. The van der Waals surface area contributed by atoms with E-state index in [1.807, 2.05) is 23.1 Å². The Morgan fingerprint density at radius 1 is 1.05 bits per heavy atom. The normalized spacial score (nSPS) is 15.8. The van der Waals surface area contributed by atoms with Crippen LogP contribution in [0.4, 0.5) is 0 Å². The minimum atomic E-state index is 0. The fourth-order valence-corrected chi connectivity index (χ4v) is 2.37. The molecule has 2 rings (SSSR count). The number of nitrogens with zero attached hydrogens (tertiary/aromatic N) is 3. The van der Waals surface area contributed by atoms with E-state index in [4.69, 9.17) is 0 Å². The third kappa shape index (κ3) is 5.59. The van der Waals surface area contributed by atoms with Crippen molar-refractivity contribution in [2.24, 2.45) is 0 Å². The zero-order valence-electron chi connectivity index (χ0n) is 12.2. The summed E-state index contributed by atoms with van der Waals surface area (Å²) in [6.07, 6.45) is 6.88. The summed E-state index contributed by atoms with van der Waals surface area (Å²) in [5, 5.41) is 0. The van der Waals surface area contributed by atoms with Crippen LogP contribution in [0.2, 0.25) is 0 Å². The Hall–Kier alpha value is -0.940. The minimum absolute atomic E-state index is 0. The maximum Gasteiger partial charge on any atom is 0.222 e. The van der Waals surface area contributed by atoms with E-state index in [1.54, 1.807) is 0 Å². The van der Waals surface area contributed by atoms with Crippen molar-refractivity contribution < 1.29 is 26.3 Å². The van der Waals surface area contributed by atoms with E-state index in [2.05, 4.69) is 28.9 Å². The van der Waals surface area contributed by atoms with Crippen molar-refractivity contribution in [1.29, 1.82) is 0 Å². The Balaban J connectivity index is 0.00000200. The quantitative estimate of drug-likeness (QED) is 0.454. The fraction of sp³-hybridized carbons (Fsp3) is 0.600. The molecule has 2 heterocycles. The number of halogens is 1. The lowest BCUT2D eigenvalue weighted by atomic mass is 10.2. The molecule has 20 heavy (non-hydrogen) atoms. The molecule has 4 nitrogen and oxygen atoms in total. The van der Waals surface area contributed by atoms with Crippen molar-refractivity contribution in [2.75, 3.05) is 33.2 Å². The molecule has 1 amide bonds. The molecule has 0 aromatic carbocycles. The largest absolute Gasteiger partial charge is 1.00 e. The number of hydrogen-bond donors (Lipinski definition) is 0. The molecule has 0 N–H and O–H groups in total. The number of aromatic nitrogens is 1. The summed E-state index contributed by atoms with van der Waals surface area (Å²) in [6, 6.07) is 6.10. The molecular formula is C15H24BrN3O. The smallest absolute Gasteiger partial charge is 0.222 e. The summed E-state index contributed by atoms with van der Waals surface area (Å²) in [5.74, 6) is 0.325. The number of likely N-dealkylation sites (N-methyl/N-ethyl adjacent to an activating group) is 1. The van der Waals surface area contributed by atoms with Crippen LogP contribution in [0, 0.1) is 0 Å². The van der Waals surface area contributed by atoms with E-state index < -0.39 is 0 Å². The van der Waals surface area contributed by atoms with Crippen LogP contribution in [-0.4, -0.2) is 48.9 Å². The van der Waals surface area contributed by atoms with Crippen LogP contribution in [0.15, 0.2) is 30.6 Å². The van der Waals surface area contributed by atoms with Crippen LogP contribution < -0.4 is 21.5 Å². The molecule has 1 fully saturated rings. The number of unbranched alkanes of at least 4 members (excludes halogenated alkanes) is 1. The van der Waals surface area contributed by atoms with E-state index in [9.17, 15) is 4.79 Å². The van der Waals surface area contributed by atoms with Gasteiger partial charge >= 0.3 is 0 Å². The second-order valence-corrected chi connectivity index (χ2v) is 5.25. The van der Waals surface area contributed by atoms with Gasteiger partial charge in [0.15, 0.2) is 12.4 Å². The van der Waals surface area contributed by atoms with Crippen molar-refractivity contribution in [1.82, 2.24) is 9.80 Å². The number of carbonyl (C=O) groups excluding carboxylic acids is 1. The number of piperazine rings is 1. The van der Waals surface area contributed by atoms with Crippen molar-refractivity contribution in [3.05, 3.63) is 30.6 Å². The molecule has 1 aliphatic rings. The zero-order valence-corrected chi connectivity index (χ0v) is 13.8. The summed E-state index contributed by atoms with van der Waals surface area (Å²) >= 11 is 0. The standard InChI is InChI=1S/C15H24N3O.BrH/c1-16-11-13-18(14-12-16)15(19)7-3-6-10-17-8-4-2-5-9-17;/h2,4-5,8-9H,3,6-7,10-14H2,1H3;1H/q+1;/p-1. The molecule has 0 radical (unpaired) electrons. The Kier molecular flexibility index (Phi) is 7.77. The van der Waals surface area contributed by atoms with Gasteiger partial charge in [0, 0.05) is 51.2 Å². The summed E-state index contributed by atoms with van der Waals surface area (Å²) in [4.78, 5) is 16.3. The fourth-order valence-electron chi connectivity index (χ4n) is 2.37. The third-order valence-electron chi connectivity index (χ3n) is 3.69. The molecule has 112 valence electrons. The Morgan fingerprint density at radius 2 is 1.70 bits per heavy atom. The van der Waals surface area contributed by atoms with Gasteiger partial charge in [-0.15, -0.1) is 0 Å². The van der Waals surface area contributed by atoms with Crippen LogP contribution in [0.3, 0.4) is 0 Å². The van der Waals surface area contributed by atoms with Crippen LogP contribution in [0.1, 0.15) is 19.3 Å². The predicted octanol–water partition coefficient (Wildman–Crippen LogP) is -2.08. The first-order chi connectivity index (χ1) is 9.25. The van der Waals surface area contributed by atoms with Crippen LogP contribution >= 0.6 is 0 Å². The number of pyridine rings is 1. The summed E-state index contributed by atoms with van der Waals surface area (Å²) in [6.45, 7) is 4.79. The van der Waals surface area contributed by atoms with Gasteiger partial charge in [-0.05, 0) is 13.5 Å². The molecular weight excluding hydrogens is 318 g/mol. The average Bonchev–Trinajstić information content (AvgIpc) is 2.45. The summed E-state index contributed by atoms with van der Waals surface area (Å²) in [7, 11) is 2.11. The SMILES string of the molecule is CN1CCN(C(=O)CCCC[n+]2ccccc2)CC1.[Br-]. The molecule has 0 atom stereocenters. The molecule has 0 spiro atoms. The average molecular weight is 342 g/mol. The summed E-state index contributed by atoms with van der Waals surface area (Å²) in [5.41, 5.74) is 0. The van der Waals surface area contributed by atoms with Crippen LogP contribution in [-0.2, 0) is 11.3 Å². The first-order valence-corrected chi connectivity index (χ1v) is 7.16. The van der Waals surface area contributed by atoms with Gasteiger partial charge in [-0.3, -0.25) is 4.79 Å². The van der Waals surface area contributed by atoms with E-state index in [0.29, 0.717) is 12.3 Å². The lowest BCUT2D eigenvalue weighted by molar-refractivity contribution is -0.697. The first-order valence-electron chi connectivity index (χ1n) is 7.16. The van der Waals surface area contributed by atoms with Crippen molar-refractivity contribution >= 4 is 5.91 Å². The Labute approximate surface area is 132 Å². The topological polar surface area (TPSA) is 27.4 Å². The monoisotopic (exact) mass is 341 g/mol. The van der Waals surface area contributed by atoms with E-state index in [0.717, 1.165) is 45.6 Å². The van der Waals surface area contributed by atoms with Crippen LogP contribution in [0.25, 0.3) is 0 Å². The summed E-state index contributed by atoms with van der Waals surface area (Å²) < 4.78 is 2.17. The third-order valence-corrected chi connectivity index (χ3v) is 3.69. The van der Waals surface area contributed by atoms with Gasteiger partial charge in [0.05, 0.1) is 0 Å². The van der Waals surface area contributed by atoms with Crippen LogP contribution in [0.5, 0.6) is 0 Å². The lowest BCUT2D eigenvalue weighted by Crippen LogP contribution is -3.00. The first kappa shape index (κ1) is 17.1. The van der Waals surface area contributed by atoms with Crippen molar-refractivity contribution in [3.63, 3.8) is 0 Å². The van der Waals surface area contributed by atoms with Gasteiger partial charge < -0.3 is 26.8 Å². The second kappa shape index (κ2) is 9.08. The van der Waals surface area contributed by atoms with Gasteiger partial charge in [0.2, 0.25) is 5.91 Å². The molecule has 0 saturated carbocycles. The van der Waals surface area contributed by atoms with E-state index >= 15 is 0 Å². The second-order valence-electron chi connectivity index (χ2n) is 5.25. The van der Waals surface area contributed by atoms with Gasteiger partial charge in [0.1, 0.15) is 6.54 Å². The molecule has 0 unspecified atom stereocenters. The highest BCUT2D eigenvalue weighted by atomic mass is 79.9. The Bertz CT molecular complexity index is 391. The molecule has 5 heteroatoms. The van der Waals surface area contributed by atoms with Gasteiger partial charge in [-0.2, -0.15) is 0 Å². The predicted molar refractivity (Wildman–Crippen MR) is 74.6 cm³/mol. The number of hydrogen-bond acceptors (Lipinski definition) is 2. The molecule has 0 aliphatic carbocycles. The minimum Gasteiger partial charge on any atom is -1.00 e. The van der Waals surface area contributed by atoms with Gasteiger partial charge in [0.25, 0.3) is 0 Å². The molecule has 1 saturated heterocycles. The maximum absolute atomic E-state index is 12.0. The Morgan fingerprint density at radius 3 is 2.35 bits per heavy atom. The molecule has 1 aromatic rings. The van der Waals surface area contributed by atoms with Crippen molar-refractivity contribution in [2.45, 2.75) is 25.8 Å². The van der Waals surface area contributed by atoms with Gasteiger partial charge in [-0.25, -0.2) is 4.57 Å². The highest BCUT2D eigenvalue weighted by Crippen LogP contribution is 2.05. The highest BCUT2D eigenvalue weighted by molar-refractivity contribution is 5.76. The van der Waals surface area contributed by atoms with E-state index in [1.165, 1.54) is 0 Å². The van der Waals surface area contributed by atoms with E-state index in [-0.39, 0.29) is 17.0 Å². The zero-order chi connectivity index (χ0) is 13.5. The lowest BCUT2D eigenvalue weighted by Gasteiger charge is -2.32. The number of rotatable bonds is 5. The van der Waals surface area contributed by atoms with Gasteiger partial charge in [-0.1, -0.05) is 6.07 Å². The maximum atomic E-state index is 12.0. The number of carbonyl (C=O) groups is 1. The molecule has 0 bridgehead atoms.